The van der Waals surface area contributed by atoms with E-state index in [2.05, 4.69) is 5.32 Å². The van der Waals surface area contributed by atoms with Gasteiger partial charge in [-0.2, -0.15) is 0 Å². The maximum Gasteiger partial charge on any atom is 0.239 e. The van der Waals surface area contributed by atoms with Crippen molar-refractivity contribution in [3.8, 4) is 0 Å². The number of morpholine rings is 1. The quantitative estimate of drug-likeness (QED) is 0.817. The van der Waals surface area contributed by atoms with Crippen LogP contribution in [0, 0.1) is 5.82 Å². The first-order valence-corrected chi connectivity index (χ1v) is 10.3. The number of benzene rings is 2. The predicted octanol–water partition coefficient (Wildman–Crippen LogP) is 2.73. The lowest BCUT2D eigenvalue weighted by Crippen LogP contribution is -2.36. The molecule has 2 aromatic rings. The molecule has 27 heavy (non-hydrogen) atoms. The van der Waals surface area contributed by atoms with Gasteiger partial charge >= 0.3 is 0 Å². The van der Waals surface area contributed by atoms with Crippen LogP contribution in [0.25, 0.3) is 0 Å². The first kappa shape index (κ1) is 19.6. The summed E-state index contributed by atoms with van der Waals surface area (Å²) in [5.74, 6) is -1.99. The van der Waals surface area contributed by atoms with Gasteiger partial charge in [-0.25, -0.2) is 12.8 Å². The van der Waals surface area contributed by atoms with Crippen LogP contribution in [0.5, 0.6) is 0 Å². The minimum atomic E-state index is -3.82. The Kier molecular flexibility index (Phi) is 5.98. The van der Waals surface area contributed by atoms with E-state index in [1.165, 1.54) is 30.3 Å². The Morgan fingerprint density at radius 2 is 1.81 bits per heavy atom. The molecule has 0 unspecified atom stereocenters. The zero-order valence-electron chi connectivity index (χ0n) is 14.3. The minimum absolute atomic E-state index is 0.00380. The third kappa shape index (κ3) is 4.97. The monoisotopic (exact) mass is 412 g/mol. The van der Waals surface area contributed by atoms with Crippen molar-refractivity contribution in [2.45, 2.75) is 4.90 Å². The summed E-state index contributed by atoms with van der Waals surface area (Å²) in [4.78, 5) is 14.0. The summed E-state index contributed by atoms with van der Waals surface area (Å²) in [5, 5.41) is 2.82. The summed E-state index contributed by atoms with van der Waals surface area (Å²) in [7, 11) is -3.82. The molecule has 1 saturated heterocycles. The molecule has 0 saturated carbocycles. The van der Waals surface area contributed by atoms with Crippen LogP contribution in [0.15, 0.2) is 47.4 Å². The highest BCUT2D eigenvalue weighted by Crippen LogP contribution is 2.24. The SMILES string of the molecule is O=C(CS(=O)(=O)c1ccc(Cl)cc1)Nc1ccc(N2CCOCC2)c(F)c1. The fourth-order valence-electron chi connectivity index (χ4n) is 2.74. The Labute approximate surface area is 161 Å². The number of hydrogen-bond donors (Lipinski definition) is 1. The van der Waals surface area contributed by atoms with E-state index in [4.69, 9.17) is 16.3 Å². The van der Waals surface area contributed by atoms with Crippen LogP contribution in [0.1, 0.15) is 0 Å². The van der Waals surface area contributed by atoms with Crippen LogP contribution in [-0.4, -0.2) is 46.4 Å². The summed E-state index contributed by atoms with van der Waals surface area (Å²) in [6.45, 7) is 2.23. The molecule has 0 bridgehead atoms. The van der Waals surface area contributed by atoms with Crippen molar-refractivity contribution in [2.24, 2.45) is 0 Å². The molecule has 1 aliphatic rings. The number of carbonyl (C=O) groups is 1. The van der Waals surface area contributed by atoms with Crippen LogP contribution in [-0.2, 0) is 19.4 Å². The van der Waals surface area contributed by atoms with Gasteiger partial charge in [0.05, 0.1) is 23.8 Å². The molecule has 1 heterocycles. The summed E-state index contributed by atoms with van der Waals surface area (Å²) in [6.07, 6.45) is 0. The fourth-order valence-corrected chi connectivity index (χ4v) is 4.00. The molecule has 1 aliphatic heterocycles. The van der Waals surface area contributed by atoms with Gasteiger partial charge in [0.15, 0.2) is 9.84 Å². The number of carbonyl (C=O) groups excluding carboxylic acids is 1. The van der Waals surface area contributed by atoms with E-state index in [9.17, 15) is 17.6 Å². The number of ether oxygens (including phenoxy) is 1. The van der Waals surface area contributed by atoms with Gasteiger partial charge in [-0.1, -0.05) is 11.6 Å². The predicted molar refractivity (Wildman–Crippen MR) is 102 cm³/mol. The molecule has 1 N–H and O–H groups in total. The number of sulfone groups is 1. The summed E-state index contributed by atoms with van der Waals surface area (Å²) in [6, 6.07) is 9.82. The van der Waals surface area contributed by atoms with Crippen molar-refractivity contribution in [1.29, 1.82) is 0 Å². The molecule has 1 fully saturated rings. The van der Waals surface area contributed by atoms with Crippen LogP contribution >= 0.6 is 11.6 Å². The van der Waals surface area contributed by atoms with Gasteiger partial charge in [0, 0.05) is 23.8 Å². The van der Waals surface area contributed by atoms with E-state index < -0.39 is 27.3 Å². The molecule has 0 aliphatic carbocycles. The Bertz CT molecular complexity index is 929. The van der Waals surface area contributed by atoms with Gasteiger partial charge in [0.2, 0.25) is 5.91 Å². The van der Waals surface area contributed by atoms with Crippen molar-refractivity contribution in [3.05, 3.63) is 53.3 Å². The molecule has 2 aromatic carbocycles. The molecular weight excluding hydrogens is 395 g/mol. The van der Waals surface area contributed by atoms with Crippen molar-refractivity contribution >= 4 is 38.7 Å². The molecule has 3 rings (SSSR count). The zero-order chi connectivity index (χ0) is 19.4. The van der Waals surface area contributed by atoms with Crippen molar-refractivity contribution in [2.75, 3.05) is 42.3 Å². The van der Waals surface area contributed by atoms with E-state index >= 15 is 0 Å². The minimum Gasteiger partial charge on any atom is -0.378 e. The molecule has 144 valence electrons. The number of nitrogens with zero attached hydrogens (tertiary/aromatic N) is 1. The van der Waals surface area contributed by atoms with Crippen LogP contribution < -0.4 is 10.2 Å². The maximum atomic E-state index is 14.4. The third-order valence-corrected chi connectivity index (χ3v) is 5.96. The summed E-state index contributed by atoms with van der Waals surface area (Å²) >= 11 is 5.74. The lowest BCUT2D eigenvalue weighted by molar-refractivity contribution is -0.113. The largest absolute Gasteiger partial charge is 0.378 e. The lowest BCUT2D eigenvalue weighted by atomic mass is 10.2. The van der Waals surface area contributed by atoms with Gasteiger partial charge in [-0.3, -0.25) is 4.79 Å². The number of hydrogen-bond acceptors (Lipinski definition) is 5. The highest BCUT2D eigenvalue weighted by Gasteiger charge is 2.20. The van der Waals surface area contributed by atoms with E-state index in [1.807, 2.05) is 4.90 Å². The van der Waals surface area contributed by atoms with E-state index in [-0.39, 0.29) is 10.6 Å². The normalized spacial score (nSPS) is 14.8. The Hall–Kier alpha value is -2.16. The average Bonchev–Trinajstić information content (AvgIpc) is 2.62. The fraction of sp³-hybridized carbons (Fsp3) is 0.278. The van der Waals surface area contributed by atoms with Crippen LogP contribution in [0.2, 0.25) is 5.02 Å². The first-order chi connectivity index (χ1) is 12.8. The van der Waals surface area contributed by atoms with Crippen molar-refractivity contribution in [3.63, 3.8) is 0 Å². The van der Waals surface area contributed by atoms with E-state index in [0.717, 1.165) is 0 Å². The molecule has 0 atom stereocenters. The van der Waals surface area contributed by atoms with Gasteiger partial charge in [0.1, 0.15) is 11.6 Å². The number of amides is 1. The molecule has 9 heteroatoms. The van der Waals surface area contributed by atoms with Crippen molar-refractivity contribution < 1.29 is 22.3 Å². The number of nitrogens with one attached hydrogen (secondary N) is 1. The standard InChI is InChI=1S/C18H18ClFN2O4S/c19-13-1-4-15(5-2-13)27(24,25)12-18(23)21-14-3-6-17(16(20)11-14)22-7-9-26-10-8-22/h1-6,11H,7-10,12H2,(H,21,23). The lowest BCUT2D eigenvalue weighted by Gasteiger charge is -2.29. The van der Waals surface area contributed by atoms with Gasteiger partial charge in [-0.05, 0) is 42.5 Å². The van der Waals surface area contributed by atoms with Gasteiger partial charge < -0.3 is 15.0 Å². The molecule has 6 nitrogen and oxygen atoms in total. The zero-order valence-corrected chi connectivity index (χ0v) is 15.9. The third-order valence-electron chi connectivity index (χ3n) is 4.08. The Balaban J connectivity index is 1.67. The molecule has 0 aromatic heterocycles. The summed E-state index contributed by atoms with van der Waals surface area (Å²) in [5.41, 5.74) is 0.617. The highest BCUT2D eigenvalue weighted by atomic mass is 35.5. The molecule has 1 amide bonds. The van der Waals surface area contributed by atoms with Crippen LogP contribution in [0.4, 0.5) is 15.8 Å². The first-order valence-electron chi connectivity index (χ1n) is 8.25. The summed E-state index contributed by atoms with van der Waals surface area (Å²) < 4.78 is 44.2. The maximum absolute atomic E-state index is 14.4. The van der Waals surface area contributed by atoms with Gasteiger partial charge in [-0.15, -0.1) is 0 Å². The Morgan fingerprint density at radius 1 is 1.15 bits per heavy atom. The van der Waals surface area contributed by atoms with E-state index in [0.29, 0.717) is 37.0 Å². The van der Waals surface area contributed by atoms with Gasteiger partial charge in [0.25, 0.3) is 0 Å². The van der Waals surface area contributed by atoms with E-state index in [1.54, 1.807) is 12.1 Å². The smallest absolute Gasteiger partial charge is 0.239 e. The topological polar surface area (TPSA) is 75.7 Å². The molecular formula is C18H18ClFN2O4S. The second-order valence-corrected chi connectivity index (χ2v) is 8.45. The number of rotatable bonds is 5. The number of anilines is 2. The molecule has 0 radical (unpaired) electrons. The average molecular weight is 413 g/mol. The molecule has 0 spiro atoms. The number of halogens is 2. The highest BCUT2D eigenvalue weighted by molar-refractivity contribution is 7.92. The second-order valence-electron chi connectivity index (χ2n) is 6.03. The Morgan fingerprint density at radius 3 is 2.44 bits per heavy atom. The van der Waals surface area contributed by atoms with Crippen molar-refractivity contribution in [1.82, 2.24) is 0 Å². The second kappa shape index (κ2) is 8.24. The van der Waals surface area contributed by atoms with Crippen LogP contribution in [0.3, 0.4) is 0 Å².